The Bertz CT molecular complexity index is 309. The summed E-state index contributed by atoms with van der Waals surface area (Å²) in [5, 5.41) is 9.23. The van der Waals surface area contributed by atoms with Crippen molar-refractivity contribution in [1.82, 2.24) is 4.98 Å². The number of likely N-dealkylation sites (N-methyl/N-ethyl adjacent to an activating group) is 1. The second-order valence-corrected chi connectivity index (χ2v) is 4.09. The number of hydrogen-bond acceptors (Lipinski definition) is 4. The van der Waals surface area contributed by atoms with E-state index in [0.29, 0.717) is 0 Å². The van der Waals surface area contributed by atoms with Gasteiger partial charge in [0.1, 0.15) is 11.6 Å². The molecule has 84 valence electrons. The van der Waals surface area contributed by atoms with Crippen molar-refractivity contribution >= 4 is 5.82 Å². The number of aliphatic hydroxyl groups excluding tert-OH is 1. The van der Waals surface area contributed by atoms with Crippen LogP contribution in [0.3, 0.4) is 0 Å². The Morgan fingerprint density at radius 2 is 2.13 bits per heavy atom. The second-order valence-electron chi connectivity index (χ2n) is 4.09. The van der Waals surface area contributed by atoms with Crippen LogP contribution in [0.25, 0.3) is 0 Å². The van der Waals surface area contributed by atoms with Gasteiger partial charge in [0, 0.05) is 7.05 Å². The van der Waals surface area contributed by atoms with Gasteiger partial charge in [-0.15, -0.1) is 0 Å². The van der Waals surface area contributed by atoms with E-state index in [0.717, 1.165) is 11.6 Å². The van der Waals surface area contributed by atoms with E-state index in [1.165, 1.54) is 0 Å². The second kappa shape index (κ2) is 4.49. The number of rotatable bonds is 4. The first-order valence-electron chi connectivity index (χ1n) is 4.86. The molecule has 0 atom stereocenters. The molecule has 0 aliphatic carbocycles. The fraction of sp³-hybridized carbons (Fsp3) is 0.545. The van der Waals surface area contributed by atoms with Crippen LogP contribution in [0.2, 0.25) is 0 Å². The maximum Gasteiger partial charge on any atom is 0.137 e. The molecular formula is C11H18N2O2. The van der Waals surface area contributed by atoms with Crippen LogP contribution >= 0.6 is 0 Å². The SMILES string of the molecule is COc1ccc(N(C)C(C)(C)CO)nc1. The van der Waals surface area contributed by atoms with Crippen LogP contribution in [0.15, 0.2) is 18.3 Å². The average Bonchev–Trinajstić information content (AvgIpc) is 2.28. The summed E-state index contributed by atoms with van der Waals surface area (Å²) in [7, 11) is 3.52. The Kier molecular flexibility index (Phi) is 3.52. The minimum atomic E-state index is -0.318. The largest absolute Gasteiger partial charge is 0.495 e. The molecule has 0 aliphatic heterocycles. The van der Waals surface area contributed by atoms with Gasteiger partial charge < -0.3 is 14.7 Å². The summed E-state index contributed by atoms with van der Waals surface area (Å²) >= 11 is 0. The highest BCUT2D eigenvalue weighted by Crippen LogP contribution is 2.21. The highest BCUT2D eigenvalue weighted by Gasteiger charge is 2.23. The van der Waals surface area contributed by atoms with E-state index in [1.807, 2.05) is 37.9 Å². The molecule has 0 saturated carbocycles. The Morgan fingerprint density at radius 1 is 1.47 bits per heavy atom. The van der Waals surface area contributed by atoms with Gasteiger partial charge in [-0.05, 0) is 26.0 Å². The van der Waals surface area contributed by atoms with Crippen molar-refractivity contribution in [2.75, 3.05) is 25.7 Å². The molecule has 0 spiro atoms. The monoisotopic (exact) mass is 210 g/mol. The first-order chi connectivity index (χ1) is 7.01. The molecule has 15 heavy (non-hydrogen) atoms. The predicted octanol–water partition coefficient (Wildman–Crippen LogP) is 1.30. The smallest absolute Gasteiger partial charge is 0.137 e. The maximum absolute atomic E-state index is 9.23. The summed E-state index contributed by atoms with van der Waals surface area (Å²) in [5.41, 5.74) is -0.318. The van der Waals surface area contributed by atoms with Crippen molar-refractivity contribution < 1.29 is 9.84 Å². The lowest BCUT2D eigenvalue weighted by Gasteiger charge is -2.34. The third kappa shape index (κ3) is 2.59. The lowest BCUT2D eigenvalue weighted by atomic mass is 10.1. The van der Waals surface area contributed by atoms with Gasteiger partial charge in [-0.3, -0.25) is 0 Å². The number of nitrogens with zero attached hydrogens (tertiary/aromatic N) is 2. The van der Waals surface area contributed by atoms with E-state index in [9.17, 15) is 5.11 Å². The van der Waals surface area contributed by atoms with Crippen LogP contribution < -0.4 is 9.64 Å². The molecule has 0 fully saturated rings. The molecule has 4 nitrogen and oxygen atoms in total. The van der Waals surface area contributed by atoms with Gasteiger partial charge in [0.2, 0.25) is 0 Å². The third-order valence-corrected chi connectivity index (χ3v) is 2.60. The van der Waals surface area contributed by atoms with Crippen molar-refractivity contribution in [1.29, 1.82) is 0 Å². The molecule has 1 N–H and O–H groups in total. The average molecular weight is 210 g/mol. The molecule has 0 aliphatic rings. The van der Waals surface area contributed by atoms with Gasteiger partial charge in [0.05, 0.1) is 25.5 Å². The quantitative estimate of drug-likeness (QED) is 0.813. The van der Waals surface area contributed by atoms with E-state index in [4.69, 9.17) is 4.74 Å². The highest BCUT2D eigenvalue weighted by molar-refractivity contribution is 5.42. The van der Waals surface area contributed by atoms with Crippen molar-refractivity contribution in [2.45, 2.75) is 19.4 Å². The van der Waals surface area contributed by atoms with Gasteiger partial charge in [-0.25, -0.2) is 4.98 Å². The first kappa shape index (κ1) is 11.8. The number of pyridine rings is 1. The van der Waals surface area contributed by atoms with Gasteiger partial charge in [-0.1, -0.05) is 0 Å². The molecule has 0 aromatic carbocycles. The van der Waals surface area contributed by atoms with Crippen LogP contribution in [0.1, 0.15) is 13.8 Å². The summed E-state index contributed by atoms with van der Waals surface area (Å²) in [4.78, 5) is 6.19. The number of hydrogen-bond donors (Lipinski definition) is 1. The van der Waals surface area contributed by atoms with E-state index in [2.05, 4.69) is 4.98 Å². The van der Waals surface area contributed by atoms with E-state index < -0.39 is 0 Å². The fourth-order valence-electron chi connectivity index (χ4n) is 1.11. The molecule has 0 bridgehead atoms. The van der Waals surface area contributed by atoms with E-state index >= 15 is 0 Å². The summed E-state index contributed by atoms with van der Waals surface area (Å²) in [6.45, 7) is 4.00. The number of aliphatic hydroxyl groups is 1. The highest BCUT2D eigenvalue weighted by atomic mass is 16.5. The Hall–Kier alpha value is -1.29. The summed E-state index contributed by atoms with van der Waals surface area (Å²) < 4.78 is 5.03. The molecule has 4 heteroatoms. The van der Waals surface area contributed by atoms with Gasteiger partial charge >= 0.3 is 0 Å². The molecule has 0 amide bonds. The minimum absolute atomic E-state index is 0.0806. The van der Waals surface area contributed by atoms with Crippen molar-refractivity contribution in [3.63, 3.8) is 0 Å². The number of anilines is 1. The maximum atomic E-state index is 9.23. The zero-order chi connectivity index (χ0) is 11.5. The van der Waals surface area contributed by atoms with Gasteiger partial charge in [0.25, 0.3) is 0 Å². The van der Waals surface area contributed by atoms with Crippen LogP contribution in [0.5, 0.6) is 5.75 Å². The summed E-state index contributed by atoms with van der Waals surface area (Å²) in [6.07, 6.45) is 1.67. The van der Waals surface area contributed by atoms with Gasteiger partial charge in [0.15, 0.2) is 0 Å². The Labute approximate surface area is 90.5 Å². The number of methoxy groups -OCH3 is 1. The van der Waals surface area contributed by atoms with Crippen molar-refractivity contribution in [3.8, 4) is 5.75 Å². The molecule has 0 radical (unpaired) electrons. The Balaban J connectivity index is 2.87. The molecule has 1 rings (SSSR count). The van der Waals surface area contributed by atoms with Crippen molar-refractivity contribution in [3.05, 3.63) is 18.3 Å². The minimum Gasteiger partial charge on any atom is -0.495 e. The van der Waals surface area contributed by atoms with Crippen LogP contribution in [-0.2, 0) is 0 Å². The molecule has 1 heterocycles. The van der Waals surface area contributed by atoms with Crippen LogP contribution in [0, 0.1) is 0 Å². The molecule has 1 aromatic rings. The van der Waals surface area contributed by atoms with Crippen LogP contribution in [0.4, 0.5) is 5.82 Å². The number of aromatic nitrogens is 1. The molecule has 0 unspecified atom stereocenters. The van der Waals surface area contributed by atoms with E-state index in [1.54, 1.807) is 13.3 Å². The normalized spacial score (nSPS) is 11.3. The standard InChI is InChI=1S/C11H18N2O2/c1-11(2,8-14)13(3)10-6-5-9(15-4)7-12-10/h5-7,14H,8H2,1-4H3. The molecular weight excluding hydrogens is 192 g/mol. The Morgan fingerprint density at radius 3 is 2.53 bits per heavy atom. The lowest BCUT2D eigenvalue weighted by molar-refractivity contribution is 0.215. The topological polar surface area (TPSA) is 45.6 Å². The summed E-state index contributed by atoms with van der Waals surface area (Å²) in [6, 6.07) is 3.72. The van der Waals surface area contributed by atoms with Gasteiger partial charge in [-0.2, -0.15) is 0 Å². The first-order valence-corrected chi connectivity index (χ1v) is 4.86. The lowest BCUT2D eigenvalue weighted by Crippen LogP contribution is -2.44. The zero-order valence-corrected chi connectivity index (χ0v) is 9.69. The van der Waals surface area contributed by atoms with E-state index in [-0.39, 0.29) is 12.1 Å². The number of ether oxygens (including phenoxy) is 1. The predicted molar refractivity (Wildman–Crippen MR) is 60.4 cm³/mol. The fourth-order valence-corrected chi connectivity index (χ4v) is 1.11. The zero-order valence-electron chi connectivity index (χ0n) is 9.69. The van der Waals surface area contributed by atoms with Crippen molar-refractivity contribution in [2.24, 2.45) is 0 Å². The molecule has 1 aromatic heterocycles. The third-order valence-electron chi connectivity index (χ3n) is 2.60. The summed E-state index contributed by atoms with van der Waals surface area (Å²) in [5.74, 6) is 1.55. The molecule has 0 saturated heterocycles. The van der Waals surface area contributed by atoms with Crippen LogP contribution in [-0.4, -0.2) is 36.4 Å².